The normalized spacial score (nSPS) is 20.1. The van der Waals surface area contributed by atoms with Gasteiger partial charge in [0.2, 0.25) is 5.95 Å². The first-order valence-corrected chi connectivity index (χ1v) is 15.0. The van der Waals surface area contributed by atoms with Crippen molar-refractivity contribution in [3.05, 3.63) is 41.0 Å². The summed E-state index contributed by atoms with van der Waals surface area (Å²) in [6, 6.07) is 3.40. The van der Waals surface area contributed by atoms with Gasteiger partial charge in [0.25, 0.3) is 0 Å². The molecule has 2 saturated heterocycles. The fourth-order valence-corrected chi connectivity index (χ4v) is 6.33. The Morgan fingerprint density at radius 1 is 1.16 bits per heavy atom. The number of ether oxygens (including phenoxy) is 4. The van der Waals surface area contributed by atoms with E-state index in [1.807, 2.05) is 6.07 Å². The lowest BCUT2D eigenvalue weighted by molar-refractivity contribution is -0.116. The number of benzene rings is 1. The van der Waals surface area contributed by atoms with Gasteiger partial charge in [-0.25, -0.2) is 15.0 Å². The summed E-state index contributed by atoms with van der Waals surface area (Å²) in [4.78, 5) is 29.0. The number of piperidine rings is 1. The van der Waals surface area contributed by atoms with Crippen molar-refractivity contribution in [2.75, 3.05) is 57.8 Å². The molecule has 0 unspecified atom stereocenters. The molecule has 1 aromatic carbocycles. The molecule has 230 valence electrons. The highest BCUT2D eigenvalue weighted by atomic mass is 35.5. The summed E-state index contributed by atoms with van der Waals surface area (Å²) in [6.07, 6.45) is 5.93. The van der Waals surface area contributed by atoms with E-state index >= 15 is 0 Å². The van der Waals surface area contributed by atoms with Crippen LogP contribution in [0.5, 0.6) is 11.5 Å². The second-order valence-electron chi connectivity index (χ2n) is 11.1. The van der Waals surface area contributed by atoms with Crippen LogP contribution in [0.4, 0.5) is 11.8 Å². The minimum atomic E-state index is -0.211. The van der Waals surface area contributed by atoms with Crippen molar-refractivity contribution in [1.29, 1.82) is 0 Å². The number of nitrogens with one attached hydrogen (secondary N) is 1. The Balaban J connectivity index is 1.59. The molecule has 2 aliphatic heterocycles. The first-order chi connectivity index (χ1) is 20.7. The van der Waals surface area contributed by atoms with Gasteiger partial charge in [-0.1, -0.05) is 29.8 Å². The quantitative estimate of drug-likeness (QED) is 0.269. The molecule has 0 saturated carbocycles. The molecule has 12 heteroatoms. The van der Waals surface area contributed by atoms with Crippen LogP contribution in [-0.2, 0) is 14.3 Å². The number of methoxy groups -OCH3 is 3. The molecule has 3 aromatic rings. The van der Waals surface area contributed by atoms with Crippen molar-refractivity contribution in [1.82, 2.24) is 15.0 Å². The van der Waals surface area contributed by atoms with Gasteiger partial charge in [0.1, 0.15) is 17.0 Å². The van der Waals surface area contributed by atoms with E-state index in [2.05, 4.69) is 28.7 Å². The number of fused-ring (bicyclic) bond motifs is 1. The number of anilines is 2. The third-order valence-corrected chi connectivity index (χ3v) is 9.25. The first-order valence-electron chi connectivity index (χ1n) is 14.3. The Morgan fingerprint density at radius 2 is 1.86 bits per heavy atom. The van der Waals surface area contributed by atoms with Crippen LogP contribution in [0.3, 0.4) is 0 Å². The predicted octanol–water partition coefficient (Wildman–Crippen LogP) is 5.98. The molecule has 4 heterocycles. The number of halogens is 2. The number of allylic oxidation sites excluding steroid dienone is 1. The zero-order valence-corrected chi connectivity index (χ0v) is 26.4. The van der Waals surface area contributed by atoms with E-state index in [0.29, 0.717) is 82.8 Å². The van der Waals surface area contributed by atoms with Crippen LogP contribution in [-0.4, -0.2) is 80.0 Å². The number of carbonyl (C=O) groups is 1. The minimum absolute atomic E-state index is 0.0109. The van der Waals surface area contributed by atoms with E-state index in [9.17, 15) is 4.79 Å². The van der Waals surface area contributed by atoms with Crippen LogP contribution in [0, 0.1) is 5.92 Å². The Bertz CT molecular complexity index is 1480. The molecule has 0 amide bonds. The summed E-state index contributed by atoms with van der Waals surface area (Å²) in [5.41, 5.74) is 1.51. The average molecular weight is 631 g/mol. The molecule has 2 fully saturated rings. The number of hydrogen-bond acceptors (Lipinski definition) is 10. The molecular weight excluding hydrogens is 593 g/mol. The minimum Gasteiger partial charge on any atom is -0.495 e. The van der Waals surface area contributed by atoms with Gasteiger partial charge in [-0.3, -0.25) is 4.79 Å². The van der Waals surface area contributed by atoms with E-state index in [1.54, 1.807) is 19.4 Å². The Morgan fingerprint density at radius 3 is 2.49 bits per heavy atom. The smallest absolute Gasteiger partial charge is 0.223 e. The third kappa shape index (κ3) is 6.52. The topological polar surface area (TPSA) is 108 Å². The lowest BCUT2D eigenvalue weighted by Gasteiger charge is -2.39. The number of pyridine rings is 1. The van der Waals surface area contributed by atoms with Crippen LogP contribution in [0.25, 0.3) is 22.2 Å². The third-order valence-electron chi connectivity index (χ3n) is 8.50. The van der Waals surface area contributed by atoms with Crippen LogP contribution in [0.1, 0.15) is 32.6 Å². The van der Waals surface area contributed by atoms with Crippen LogP contribution >= 0.6 is 23.2 Å². The van der Waals surface area contributed by atoms with Gasteiger partial charge < -0.3 is 29.2 Å². The number of aromatic nitrogens is 3. The highest BCUT2D eigenvalue weighted by Crippen LogP contribution is 2.46. The molecule has 2 aliphatic rings. The average Bonchev–Trinajstić information content (AvgIpc) is 3.02. The van der Waals surface area contributed by atoms with Gasteiger partial charge in [0.15, 0.2) is 11.6 Å². The Kier molecular flexibility index (Phi) is 9.60. The van der Waals surface area contributed by atoms with Gasteiger partial charge in [-0.15, -0.1) is 0 Å². The van der Waals surface area contributed by atoms with Gasteiger partial charge in [0, 0.05) is 56.4 Å². The van der Waals surface area contributed by atoms with E-state index in [4.69, 9.17) is 52.1 Å². The van der Waals surface area contributed by atoms with Gasteiger partial charge in [0.05, 0.1) is 48.2 Å². The molecule has 2 aromatic heterocycles. The van der Waals surface area contributed by atoms with Crippen molar-refractivity contribution < 1.29 is 23.7 Å². The van der Waals surface area contributed by atoms with Gasteiger partial charge >= 0.3 is 0 Å². The molecule has 2 atom stereocenters. The summed E-state index contributed by atoms with van der Waals surface area (Å²) in [6.45, 7) is 8.24. The summed E-state index contributed by atoms with van der Waals surface area (Å²) >= 11 is 13.6. The van der Waals surface area contributed by atoms with E-state index in [1.165, 1.54) is 20.3 Å². The summed E-state index contributed by atoms with van der Waals surface area (Å²) in [5, 5.41) is 4.84. The summed E-state index contributed by atoms with van der Waals surface area (Å²) < 4.78 is 22.5. The van der Waals surface area contributed by atoms with Gasteiger partial charge in [-0.2, -0.15) is 0 Å². The molecule has 0 radical (unpaired) electrons. The number of carbonyl (C=O) groups excluding carboxylic acids is 1. The summed E-state index contributed by atoms with van der Waals surface area (Å²) in [7, 11) is 4.82. The zero-order chi connectivity index (χ0) is 30.7. The lowest BCUT2D eigenvalue weighted by atomic mass is 9.90. The second kappa shape index (κ2) is 13.2. The fourth-order valence-electron chi connectivity index (χ4n) is 5.64. The molecule has 43 heavy (non-hydrogen) atoms. The fraction of sp³-hybridized carbons (Fsp3) is 0.484. The predicted molar refractivity (Wildman–Crippen MR) is 169 cm³/mol. The van der Waals surface area contributed by atoms with Crippen molar-refractivity contribution >= 4 is 51.7 Å². The van der Waals surface area contributed by atoms with Crippen LogP contribution in [0.2, 0.25) is 10.0 Å². The summed E-state index contributed by atoms with van der Waals surface area (Å²) in [5.74, 6) is 2.06. The number of rotatable bonds is 10. The highest BCUT2D eigenvalue weighted by Gasteiger charge is 2.32. The monoisotopic (exact) mass is 629 g/mol. The maximum Gasteiger partial charge on any atom is 0.223 e. The standard InChI is InChI=1S/C31H37Cl2N5O5/c1-6-20(39)13-18-7-12-43-17-22(18)36-30-34-16-19-14-21(25-26(32)23(40-3)15-24(41-4)27(25)33)35-29(28(19)37-30)38-10-8-31(2,42-5)9-11-38/h6,14-16,18,22H,1,7-13,17H2,2-5H3,(H,34,36,37)/t18-,22-/m1/s1. The SMILES string of the molecule is C=CC(=O)C[C@H]1CCOC[C@H]1Nc1ncc2cc(-c3c(Cl)c(OC)cc(OC)c3Cl)nc(N3CCC(C)(OC)CC3)c2n1. The van der Waals surface area contributed by atoms with E-state index in [0.717, 1.165) is 24.6 Å². The maximum absolute atomic E-state index is 12.1. The maximum atomic E-state index is 12.1. The largest absolute Gasteiger partial charge is 0.495 e. The Hall–Kier alpha value is -3.18. The van der Waals surface area contributed by atoms with Crippen molar-refractivity contribution in [3.8, 4) is 22.8 Å². The van der Waals surface area contributed by atoms with Gasteiger partial charge in [-0.05, 0) is 44.2 Å². The number of nitrogens with zero attached hydrogens (tertiary/aromatic N) is 4. The first kappa shape index (κ1) is 31.3. The van der Waals surface area contributed by atoms with E-state index in [-0.39, 0.29) is 23.3 Å². The molecule has 5 rings (SSSR count). The van der Waals surface area contributed by atoms with Crippen LogP contribution < -0.4 is 19.7 Å². The van der Waals surface area contributed by atoms with Crippen LogP contribution in [0.15, 0.2) is 31.0 Å². The van der Waals surface area contributed by atoms with Crippen molar-refractivity contribution in [2.45, 2.75) is 44.2 Å². The molecule has 1 N–H and O–H groups in total. The lowest BCUT2D eigenvalue weighted by Crippen LogP contribution is -2.44. The number of ketones is 1. The van der Waals surface area contributed by atoms with Crippen molar-refractivity contribution in [3.63, 3.8) is 0 Å². The molecule has 0 bridgehead atoms. The second-order valence-corrected chi connectivity index (χ2v) is 11.9. The van der Waals surface area contributed by atoms with Crippen molar-refractivity contribution in [2.24, 2.45) is 5.92 Å². The molecular formula is C31H37Cl2N5O5. The molecule has 10 nitrogen and oxygen atoms in total. The Labute approximate surface area is 261 Å². The van der Waals surface area contributed by atoms with E-state index < -0.39 is 0 Å². The molecule has 0 spiro atoms. The zero-order valence-electron chi connectivity index (χ0n) is 24.9. The number of hydrogen-bond donors (Lipinski definition) is 1. The highest BCUT2D eigenvalue weighted by molar-refractivity contribution is 6.41. The molecule has 0 aliphatic carbocycles.